The van der Waals surface area contributed by atoms with Gasteiger partial charge in [-0.3, -0.25) is 10.1 Å². The van der Waals surface area contributed by atoms with Crippen molar-refractivity contribution in [2.75, 3.05) is 31.7 Å². The molecule has 0 radical (unpaired) electrons. The van der Waals surface area contributed by atoms with Gasteiger partial charge in [0, 0.05) is 38.9 Å². The van der Waals surface area contributed by atoms with Crippen molar-refractivity contribution in [3.63, 3.8) is 0 Å². The predicted octanol–water partition coefficient (Wildman–Crippen LogP) is 3.81. The third kappa shape index (κ3) is 4.08. The zero-order chi connectivity index (χ0) is 15.4. The first-order valence-corrected chi connectivity index (χ1v) is 7.60. The highest BCUT2D eigenvalue weighted by molar-refractivity contribution is 6.33. The summed E-state index contributed by atoms with van der Waals surface area (Å²) in [6.07, 6.45) is 3.31. The molecule has 1 aliphatic rings. The average Bonchev–Trinajstić information content (AvgIpc) is 2.45. The lowest BCUT2D eigenvalue weighted by atomic mass is 9.96. The van der Waals surface area contributed by atoms with Crippen LogP contribution in [-0.2, 0) is 4.74 Å². The molecule has 1 saturated heterocycles. The number of ether oxygens (including phenoxy) is 1. The second kappa shape index (κ2) is 7.09. The maximum Gasteiger partial charge on any atom is 0.271 e. The molecule has 2 rings (SSSR count). The van der Waals surface area contributed by atoms with Crippen molar-refractivity contribution in [1.29, 1.82) is 0 Å². The lowest BCUT2D eigenvalue weighted by Crippen LogP contribution is -2.25. The van der Waals surface area contributed by atoms with Gasteiger partial charge in [-0.1, -0.05) is 11.6 Å². The molecular weight excluding hydrogens is 292 g/mol. The van der Waals surface area contributed by atoms with E-state index in [-0.39, 0.29) is 5.69 Å². The summed E-state index contributed by atoms with van der Waals surface area (Å²) in [5, 5.41) is 11.3. The van der Waals surface area contributed by atoms with E-state index < -0.39 is 4.92 Å². The van der Waals surface area contributed by atoms with Gasteiger partial charge < -0.3 is 9.64 Å². The molecule has 6 heteroatoms. The molecule has 0 saturated carbocycles. The van der Waals surface area contributed by atoms with Gasteiger partial charge in [0.15, 0.2) is 0 Å². The Hall–Kier alpha value is -1.33. The minimum atomic E-state index is -0.412. The van der Waals surface area contributed by atoms with Crippen LogP contribution in [0.25, 0.3) is 0 Å². The molecule has 0 bridgehead atoms. The maximum absolute atomic E-state index is 10.8. The van der Waals surface area contributed by atoms with E-state index in [9.17, 15) is 10.1 Å². The molecule has 5 nitrogen and oxygen atoms in total. The number of nitrogens with zero attached hydrogens (tertiary/aromatic N) is 2. The highest BCUT2D eigenvalue weighted by Crippen LogP contribution is 2.33. The second-order valence-electron chi connectivity index (χ2n) is 5.62. The maximum atomic E-state index is 10.8. The van der Waals surface area contributed by atoms with Crippen LogP contribution in [-0.4, -0.2) is 31.7 Å². The standard InChI is InChI=1S/C15H21ClN2O3/c1-11-9-13(18(19)20)10-14(16)15(11)17(2)6-3-12-4-7-21-8-5-12/h9-10,12H,3-8H2,1-2H3. The monoisotopic (exact) mass is 312 g/mol. The number of hydrogen-bond acceptors (Lipinski definition) is 4. The first kappa shape index (κ1) is 16.0. The van der Waals surface area contributed by atoms with E-state index in [0.29, 0.717) is 10.9 Å². The fourth-order valence-electron chi connectivity index (χ4n) is 2.83. The highest BCUT2D eigenvalue weighted by Gasteiger charge is 2.18. The van der Waals surface area contributed by atoms with Gasteiger partial charge in [-0.25, -0.2) is 0 Å². The van der Waals surface area contributed by atoms with Crippen molar-refractivity contribution in [3.05, 3.63) is 32.8 Å². The molecule has 0 aliphatic carbocycles. The Bertz CT molecular complexity index is 493. The summed E-state index contributed by atoms with van der Waals surface area (Å²) in [6.45, 7) is 4.46. The van der Waals surface area contributed by atoms with E-state index in [1.165, 1.54) is 6.07 Å². The number of hydrogen-bond donors (Lipinski definition) is 0. The fraction of sp³-hybridized carbons (Fsp3) is 0.600. The predicted molar refractivity (Wildman–Crippen MR) is 84.3 cm³/mol. The molecule has 1 aliphatic heterocycles. The summed E-state index contributed by atoms with van der Waals surface area (Å²) in [5.74, 6) is 0.693. The quantitative estimate of drug-likeness (QED) is 0.613. The average molecular weight is 313 g/mol. The highest BCUT2D eigenvalue weighted by atomic mass is 35.5. The number of rotatable bonds is 5. The normalized spacial score (nSPS) is 16.0. The summed E-state index contributed by atoms with van der Waals surface area (Å²) in [6, 6.07) is 3.00. The van der Waals surface area contributed by atoms with E-state index in [0.717, 1.165) is 50.3 Å². The molecule has 1 aromatic rings. The van der Waals surface area contributed by atoms with E-state index in [1.807, 2.05) is 14.0 Å². The molecule has 116 valence electrons. The van der Waals surface area contributed by atoms with Crippen molar-refractivity contribution in [3.8, 4) is 0 Å². The molecule has 1 fully saturated rings. The second-order valence-corrected chi connectivity index (χ2v) is 6.02. The Morgan fingerprint density at radius 2 is 2.10 bits per heavy atom. The molecule has 0 atom stereocenters. The summed E-state index contributed by atoms with van der Waals surface area (Å²) in [4.78, 5) is 12.5. The summed E-state index contributed by atoms with van der Waals surface area (Å²) >= 11 is 6.23. The number of halogens is 1. The molecule has 21 heavy (non-hydrogen) atoms. The van der Waals surface area contributed by atoms with Gasteiger partial charge in [-0.15, -0.1) is 0 Å². The topological polar surface area (TPSA) is 55.6 Å². The molecule has 0 spiro atoms. The fourth-order valence-corrected chi connectivity index (χ4v) is 3.24. The van der Waals surface area contributed by atoms with Gasteiger partial charge in [0.25, 0.3) is 5.69 Å². The molecule has 1 aromatic carbocycles. The van der Waals surface area contributed by atoms with Gasteiger partial charge >= 0.3 is 0 Å². The summed E-state index contributed by atoms with van der Waals surface area (Å²) in [7, 11) is 1.99. The van der Waals surface area contributed by atoms with Crippen LogP contribution in [0.1, 0.15) is 24.8 Å². The third-order valence-electron chi connectivity index (χ3n) is 4.04. The number of nitro groups is 1. The van der Waals surface area contributed by atoms with Gasteiger partial charge in [0.2, 0.25) is 0 Å². The van der Waals surface area contributed by atoms with E-state index >= 15 is 0 Å². The molecule has 0 N–H and O–H groups in total. The number of benzene rings is 1. The van der Waals surface area contributed by atoms with Crippen molar-refractivity contribution in [2.24, 2.45) is 5.92 Å². The van der Waals surface area contributed by atoms with Gasteiger partial charge in [-0.2, -0.15) is 0 Å². The van der Waals surface area contributed by atoms with Crippen LogP contribution in [0.2, 0.25) is 5.02 Å². The minimum absolute atomic E-state index is 0.0408. The first-order chi connectivity index (χ1) is 9.99. The van der Waals surface area contributed by atoms with Crippen molar-refractivity contribution >= 4 is 23.0 Å². The van der Waals surface area contributed by atoms with Crippen molar-refractivity contribution < 1.29 is 9.66 Å². The smallest absolute Gasteiger partial charge is 0.271 e. The molecule has 0 aromatic heterocycles. The minimum Gasteiger partial charge on any atom is -0.381 e. The van der Waals surface area contributed by atoms with Crippen LogP contribution >= 0.6 is 11.6 Å². The van der Waals surface area contributed by atoms with Crippen molar-refractivity contribution in [2.45, 2.75) is 26.2 Å². The van der Waals surface area contributed by atoms with Crippen LogP contribution in [0, 0.1) is 23.0 Å². The molecule has 0 unspecified atom stereocenters. The van der Waals surface area contributed by atoms with Crippen LogP contribution < -0.4 is 4.90 Å². The molecular formula is C15H21ClN2O3. The lowest BCUT2D eigenvalue weighted by Gasteiger charge is -2.27. The van der Waals surface area contributed by atoms with Crippen LogP contribution in [0.3, 0.4) is 0 Å². The van der Waals surface area contributed by atoms with Crippen LogP contribution in [0.15, 0.2) is 12.1 Å². The first-order valence-electron chi connectivity index (χ1n) is 7.22. The van der Waals surface area contributed by atoms with Gasteiger partial charge in [0.1, 0.15) is 0 Å². The van der Waals surface area contributed by atoms with Gasteiger partial charge in [0.05, 0.1) is 15.6 Å². The Morgan fingerprint density at radius 3 is 2.67 bits per heavy atom. The Morgan fingerprint density at radius 1 is 1.43 bits per heavy atom. The van der Waals surface area contributed by atoms with E-state index in [1.54, 1.807) is 6.07 Å². The number of anilines is 1. The lowest BCUT2D eigenvalue weighted by molar-refractivity contribution is -0.384. The largest absolute Gasteiger partial charge is 0.381 e. The third-order valence-corrected chi connectivity index (χ3v) is 4.33. The Labute approximate surface area is 130 Å². The van der Waals surface area contributed by atoms with Crippen LogP contribution in [0.5, 0.6) is 0 Å². The summed E-state index contributed by atoms with van der Waals surface area (Å²) < 4.78 is 5.37. The zero-order valence-corrected chi connectivity index (χ0v) is 13.2. The SMILES string of the molecule is Cc1cc([N+](=O)[O-])cc(Cl)c1N(C)CCC1CCOCC1. The molecule has 0 amide bonds. The number of nitro benzene ring substituents is 1. The van der Waals surface area contributed by atoms with Crippen LogP contribution in [0.4, 0.5) is 11.4 Å². The number of aryl methyl sites for hydroxylation is 1. The zero-order valence-electron chi connectivity index (χ0n) is 12.5. The van der Waals surface area contributed by atoms with Gasteiger partial charge in [-0.05, 0) is 37.7 Å². The van der Waals surface area contributed by atoms with E-state index in [2.05, 4.69) is 4.90 Å². The van der Waals surface area contributed by atoms with Crippen molar-refractivity contribution in [1.82, 2.24) is 0 Å². The van der Waals surface area contributed by atoms with E-state index in [4.69, 9.17) is 16.3 Å². The summed E-state index contributed by atoms with van der Waals surface area (Å²) in [5.41, 5.74) is 1.76. The Balaban J connectivity index is 2.04. The number of non-ortho nitro benzene ring substituents is 1. The Kier molecular flexibility index (Phi) is 5.42. The molecule has 1 heterocycles.